The number of hydrogen-bond acceptors (Lipinski definition) is 8. The third kappa shape index (κ3) is 3.10. The van der Waals surface area contributed by atoms with E-state index in [2.05, 4.69) is 15.0 Å². The lowest BCUT2D eigenvalue weighted by atomic mass is 10.1. The molecule has 0 saturated carbocycles. The molecular weight excluding hydrogens is 292 g/mol. The summed E-state index contributed by atoms with van der Waals surface area (Å²) >= 11 is 1.38. The van der Waals surface area contributed by atoms with Gasteiger partial charge in [-0.1, -0.05) is 11.8 Å². The first-order valence-corrected chi connectivity index (χ1v) is 7.21. The van der Waals surface area contributed by atoms with Gasteiger partial charge in [0.25, 0.3) is 0 Å². The Kier molecular flexibility index (Phi) is 4.69. The Balaban J connectivity index is 2.64. The monoisotopic (exact) mass is 308 g/mol. The molecule has 2 aromatic rings. The average Bonchev–Trinajstić information content (AvgIpc) is 2.52. The summed E-state index contributed by atoms with van der Waals surface area (Å²) in [4.78, 5) is 12.5. The van der Waals surface area contributed by atoms with Gasteiger partial charge in [-0.05, 0) is 12.3 Å². The number of aromatic nitrogens is 3. The maximum absolute atomic E-state index is 5.72. The van der Waals surface area contributed by atoms with Crippen molar-refractivity contribution in [2.24, 2.45) is 0 Å². The van der Waals surface area contributed by atoms with Crippen molar-refractivity contribution in [2.75, 3.05) is 33.3 Å². The smallest absolute Gasteiger partial charge is 0.224 e. The molecule has 0 saturated heterocycles. The third-order valence-electron chi connectivity index (χ3n) is 2.76. The minimum atomic E-state index is 0.154. The predicted octanol–water partition coefficient (Wildman–Crippen LogP) is 1.87. The van der Waals surface area contributed by atoms with E-state index in [0.29, 0.717) is 33.8 Å². The number of thioether (sulfide) groups is 1. The van der Waals surface area contributed by atoms with Gasteiger partial charge in [0.2, 0.25) is 5.95 Å². The Morgan fingerprint density at radius 1 is 0.905 bits per heavy atom. The van der Waals surface area contributed by atoms with Crippen LogP contribution in [0.15, 0.2) is 17.3 Å². The predicted molar refractivity (Wildman–Crippen MR) is 81.1 cm³/mol. The Hall–Kier alpha value is -2.22. The van der Waals surface area contributed by atoms with Crippen molar-refractivity contribution in [1.29, 1.82) is 0 Å². The summed E-state index contributed by atoms with van der Waals surface area (Å²) in [6.07, 6.45) is 1.87. The van der Waals surface area contributed by atoms with E-state index in [9.17, 15) is 0 Å². The van der Waals surface area contributed by atoms with E-state index in [4.69, 9.17) is 19.9 Å². The Morgan fingerprint density at radius 2 is 1.52 bits per heavy atom. The van der Waals surface area contributed by atoms with E-state index in [1.165, 1.54) is 11.8 Å². The topological polar surface area (TPSA) is 92.4 Å². The first-order valence-electron chi connectivity index (χ1n) is 5.98. The van der Waals surface area contributed by atoms with Gasteiger partial charge >= 0.3 is 0 Å². The van der Waals surface area contributed by atoms with Gasteiger partial charge in [0.1, 0.15) is 5.75 Å². The van der Waals surface area contributed by atoms with E-state index < -0.39 is 0 Å². The van der Waals surface area contributed by atoms with Gasteiger partial charge in [-0.15, -0.1) is 0 Å². The lowest BCUT2D eigenvalue weighted by Gasteiger charge is -2.13. The fourth-order valence-corrected chi connectivity index (χ4v) is 2.15. The van der Waals surface area contributed by atoms with Crippen LogP contribution in [0, 0.1) is 0 Å². The second-order valence-corrected chi connectivity index (χ2v) is 4.68. The summed E-state index contributed by atoms with van der Waals surface area (Å²) in [5.41, 5.74) is 6.37. The standard InChI is InChI=1S/C13H16N4O3S/c1-18-8-6-10(20-3)9(19-2)5-7(8)11-15-12(14)17-13(16-11)21-4/h5-6H,1-4H3,(H2,14,15,16,17). The van der Waals surface area contributed by atoms with Crippen LogP contribution in [0.25, 0.3) is 11.4 Å². The quantitative estimate of drug-likeness (QED) is 0.837. The Morgan fingerprint density at radius 3 is 2.10 bits per heavy atom. The Labute approximate surface area is 126 Å². The largest absolute Gasteiger partial charge is 0.496 e. The van der Waals surface area contributed by atoms with Crippen LogP contribution < -0.4 is 19.9 Å². The molecule has 0 amide bonds. The first-order chi connectivity index (χ1) is 10.1. The number of nitrogens with two attached hydrogens (primary N) is 1. The highest BCUT2D eigenvalue weighted by Crippen LogP contribution is 2.39. The van der Waals surface area contributed by atoms with Gasteiger partial charge in [-0.2, -0.15) is 9.97 Å². The lowest BCUT2D eigenvalue weighted by molar-refractivity contribution is 0.349. The molecule has 0 spiro atoms. The Bertz CT molecular complexity index is 652. The number of rotatable bonds is 5. The van der Waals surface area contributed by atoms with Gasteiger partial charge in [0, 0.05) is 6.07 Å². The third-order valence-corrected chi connectivity index (χ3v) is 3.31. The molecule has 8 heteroatoms. The maximum Gasteiger partial charge on any atom is 0.224 e. The number of benzene rings is 1. The fourth-order valence-electron chi connectivity index (χ4n) is 1.79. The first kappa shape index (κ1) is 15.2. The number of nitrogens with zero attached hydrogens (tertiary/aromatic N) is 3. The lowest BCUT2D eigenvalue weighted by Crippen LogP contribution is -2.03. The molecule has 2 rings (SSSR count). The molecule has 1 aromatic heterocycles. The normalized spacial score (nSPS) is 10.3. The van der Waals surface area contributed by atoms with Gasteiger partial charge in [-0.3, -0.25) is 0 Å². The minimum absolute atomic E-state index is 0.154. The van der Waals surface area contributed by atoms with E-state index in [-0.39, 0.29) is 5.95 Å². The number of hydrogen-bond donors (Lipinski definition) is 1. The maximum atomic E-state index is 5.72. The summed E-state index contributed by atoms with van der Waals surface area (Å²) in [5.74, 6) is 2.25. The fraction of sp³-hybridized carbons (Fsp3) is 0.308. The summed E-state index contributed by atoms with van der Waals surface area (Å²) < 4.78 is 15.9. The van der Waals surface area contributed by atoms with Gasteiger partial charge in [0.05, 0.1) is 26.9 Å². The van der Waals surface area contributed by atoms with Crippen LogP contribution in [0.1, 0.15) is 0 Å². The summed E-state index contributed by atoms with van der Waals surface area (Å²) in [7, 11) is 4.68. The van der Waals surface area contributed by atoms with Crippen LogP contribution in [0.2, 0.25) is 0 Å². The number of anilines is 1. The molecule has 0 aliphatic rings. The minimum Gasteiger partial charge on any atom is -0.496 e. The van der Waals surface area contributed by atoms with Gasteiger partial charge < -0.3 is 19.9 Å². The zero-order valence-electron chi connectivity index (χ0n) is 12.2. The van der Waals surface area contributed by atoms with E-state index in [1.54, 1.807) is 33.5 Å². The number of ether oxygens (including phenoxy) is 3. The molecule has 112 valence electrons. The van der Waals surface area contributed by atoms with Crippen LogP contribution in [-0.4, -0.2) is 42.5 Å². The number of methoxy groups -OCH3 is 3. The highest BCUT2D eigenvalue weighted by atomic mass is 32.2. The van der Waals surface area contributed by atoms with Crippen molar-refractivity contribution in [1.82, 2.24) is 15.0 Å². The number of nitrogen functional groups attached to an aromatic ring is 1. The second kappa shape index (κ2) is 6.49. The van der Waals surface area contributed by atoms with E-state index >= 15 is 0 Å². The van der Waals surface area contributed by atoms with Crippen molar-refractivity contribution >= 4 is 17.7 Å². The van der Waals surface area contributed by atoms with E-state index in [0.717, 1.165) is 0 Å². The molecule has 2 N–H and O–H groups in total. The zero-order chi connectivity index (χ0) is 15.4. The van der Waals surface area contributed by atoms with Crippen molar-refractivity contribution in [3.63, 3.8) is 0 Å². The van der Waals surface area contributed by atoms with Crippen LogP contribution in [-0.2, 0) is 0 Å². The molecule has 0 atom stereocenters. The van der Waals surface area contributed by atoms with Gasteiger partial charge in [0.15, 0.2) is 22.5 Å². The summed E-state index contributed by atoms with van der Waals surface area (Å²) in [5, 5.41) is 0.536. The molecule has 0 radical (unpaired) electrons. The van der Waals surface area contributed by atoms with Gasteiger partial charge in [-0.25, -0.2) is 4.98 Å². The van der Waals surface area contributed by atoms with E-state index in [1.807, 2.05) is 6.26 Å². The second-order valence-electron chi connectivity index (χ2n) is 3.91. The molecule has 0 bridgehead atoms. The summed E-state index contributed by atoms with van der Waals surface area (Å²) in [6.45, 7) is 0. The molecular formula is C13H16N4O3S. The SMILES string of the molecule is COc1cc(OC)c(-c2nc(N)nc(SC)n2)cc1OC. The molecule has 1 aromatic carbocycles. The molecule has 7 nitrogen and oxygen atoms in total. The molecule has 0 unspecified atom stereocenters. The van der Waals surface area contributed by atoms with Crippen LogP contribution in [0.4, 0.5) is 5.95 Å². The van der Waals surface area contributed by atoms with Crippen LogP contribution in [0.5, 0.6) is 17.2 Å². The molecule has 1 heterocycles. The highest BCUT2D eigenvalue weighted by molar-refractivity contribution is 7.98. The molecule has 0 fully saturated rings. The van der Waals surface area contributed by atoms with Crippen molar-refractivity contribution in [3.8, 4) is 28.6 Å². The van der Waals surface area contributed by atoms with Crippen molar-refractivity contribution in [2.45, 2.75) is 5.16 Å². The van der Waals surface area contributed by atoms with Crippen molar-refractivity contribution in [3.05, 3.63) is 12.1 Å². The highest BCUT2D eigenvalue weighted by Gasteiger charge is 2.16. The van der Waals surface area contributed by atoms with Crippen LogP contribution in [0.3, 0.4) is 0 Å². The summed E-state index contributed by atoms with van der Waals surface area (Å²) in [6, 6.07) is 3.46. The average molecular weight is 308 g/mol. The van der Waals surface area contributed by atoms with Crippen molar-refractivity contribution < 1.29 is 14.2 Å². The van der Waals surface area contributed by atoms with Crippen LogP contribution >= 0.6 is 11.8 Å². The molecule has 21 heavy (non-hydrogen) atoms. The molecule has 0 aliphatic heterocycles. The molecule has 0 aliphatic carbocycles. The zero-order valence-corrected chi connectivity index (χ0v) is 13.0.